The molecular weight excluding hydrogens is 254 g/mol. The van der Waals surface area contributed by atoms with E-state index < -0.39 is 9.84 Å². The highest BCUT2D eigenvalue weighted by molar-refractivity contribution is 7.90. The lowest BCUT2D eigenvalue weighted by Crippen LogP contribution is -2.40. The van der Waals surface area contributed by atoms with Crippen LogP contribution in [0.1, 0.15) is 32.1 Å². The molecule has 1 amide bonds. The Labute approximate surface area is 109 Å². The zero-order valence-corrected chi connectivity index (χ0v) is 12.0. The summed E-state index contributed by atoms with van der Waals surface area (Å²) in [7, 11) is -1.42. The minimum atomic E-state index is -3.10. The second-order valence-corrected chi connectivity index (χ2v) is 7.75. The van der Waals surface area contributed by atoms with Gasteiger partial charge in [0.15, 0.2) is 0 Å². The van der Waals surface area contributed by atoms with E-state index >= 15 is 0 Å². The standard InChI is InChI=1S/C12H23NO4S/c1-13(11(15)5-8-18(2,16)17)9-12(10-14)6-3-4-7-12/h14H,3-10H2,1-2H3. The van der Waals surface area contributed by atoms with Gasteiger partial charge < -0.3 is 10.0 Å². The molecule has 0 aliphatic heterocycles. The molecule has 1 aliphatic carbocycles. The summed E-state index contributed by atoms with van der Waals surface area (Å²) in [4.78, 5) is 13.4. The summed E-state index contributed by atoms with van der Waals surface area (Å²) >= 11 is 0. The van der Waals surface area contributed by atoms with E-state index in [4.69, 9.17) is 0 Å². The molecule has 0 saturated heterocycles. The summed E-state index contributed by atoms with van der Waals surface area (Å²) in [6.45, 7) is 0.614. The van der Waals surface area contributed by atoms with Crippen molar-refractivity contribution in [2.45, 2.75) is 32.1 Å². The van der Waals surface area contributed by atoms with E-state index in [-0.39, 0.29) is 30.1 Å². The first kappa shape index (κ1) is 15.4. The minimum absolute atomic E-state index is 0.0246. The number of aliphatic hydroxyl groups is 1. The summed E-state index contributed by atoms with van der Waals surface area (Å²) in [5.74, 6) is -0.275. The molecule has 0 spiro atoms. The van der Waals surface area contributed by atoms with Gasteiger partial charge in [-0.05, 0) is 12.8 Å². The third kappa shape index (κ3) is 4.57. The van der Waals surface area contributed by atoms with Crippen molar-refractivity contribution in [3.05, 3.63) is 0 Å². The van der Waals surface area contributed by atoms with E-state index in [0.717, 1.165) is 31.9 Å². The second-order valence-electron chi connectivity index (χ2n) is 5.49. The Morgan fingerprint density at radius 1 is 1.33 bits per heavy atom. The minimum Gasteiger partial charge on any atom is -0.396 e. The van der Waals surface area contributed by atoms with Crippen molar-refractivity contribution in [3.63, 3.8) is 0 Å². The van der Waals surface area contributed by atoms with Crippen LogP contribution in [0.2, 0.25) is 0 Å². The molecule has 0 atom stereocenters. The van der Waals surface area contributed by atoms with E-state index in [1.54, 1.807) is 11.9 Å². The smallest absolute Gasteiger partial charge is 0.223 e. The van der Waals surface area contributed by atoms with Crippen LogP contribution in [0.4, 0.5) is 0 Å². The summed E-state index contributed by atoms with van der Waals surface area (Å²) < 4.78 is 22.0. The van der Waals surface area contributed by atoms with Gasteiger partial charge in [0.25, 0.3) is 0 Å². The molecule has 0 unspecified atom stereocenters. The Bertz CT molecular complexity index is 385. The number of aliphatic hydroxyl groups excluding tert-OH is 1. The van der Waals surface area contributed by atoms with Gasteiger partial charge in [-0.25, -0.2) is 8.42 Å². The number of sulfone groups is 1. The molecule has 6 heteroatoms. The zero-order chi connectivity index (χ0) is 13.8. The molecular formula is C12H23NO4S. The number of nitrogens with zero attached hydrogens (tertiary/aromatic N) is 1. The molecule has 0 radical (unpaired) electrons. The van der Waals surface area contributed by atoms with Crippen LogP contribution < -0.4 is 0 Å². The average molecular weight is 277 g/mol. The number of carbonyl (C=O) groups excluding carboxylic acids is 1. The quantitative estimate of drug-likeness (QED) is 0.764. The van der Waals surface area contributed by atoms with E-state index in [1.165, 1.54) is 0 Å². The van der Waals surface area contributed by atoms with Gasteiger partial charge in [0, 0.05) is 31.7 Å². The molecule has 18 heavy (non-hydrogen) atoms. The van der Waals surface area contributed by atoms with Gasteiger partial charge in [0.1, 0.15) is 9.84 Å². The van der Waals surface area contributed by atoms with Crippen molar-refractivity contribution in [1.82, 2.24) is 4.90 Å². The highest BCUT2D eigenvalue weighted by atomic mass is 32.2. The van der Waals surface area contributed by atoms with Crippen molar-refractivity contribution in [2.75, 3.05) is 32.2 Å². The first-order chi connectivity index (χ1) is 8.28. The molecule has 5 nitrogen and oxygen atoms in total. The summed E-state index contributed by atoms with van der Waals surface area (Å²) in [5.41, 5.74) is -0.171. The van der Waals surface area contributed by atoms with Gasteiger partial charge in [-0.15, -0.1) is 0 Å². The lowest BCUT2D eigenvalue weighted by atomic mass is 9.86. The van der Waals surface area contributed by atoms with Crippen molar-refractivity contribution in [2.24, 2.45) is 5.41 Å². The van der Waals surface area contributed by atoms with Gasteiger partial charge in [-0.1, -0.05) is 12.8 Å². The Morgan fingerprint density at radius 3 is 2.33 bits per heavy atom. The zero-order valence-electron chi connectivity index (χ0n) is 11.2. The summed E-state index contributed by atoms with van der Waals surface area (Å²) in [5, 5.41) is 9.47. The number of amides is 1. The molecule has 0 heterocycles. The number of hydrogen-bond acceptors (Lipinski definition) is 4. The maximum atomic E-state index is 11.8. The number of carbonyl (C=O) groups is 1. The Morgan fingerprint density at radius 2 is 1.89 bits per heavy atom. The van der Waals surface area contributed by atoms with Gasteiger partial charge >= 0.3 is 0 Å². The largest absolute Gasteiger partial charge is 0.396 e. The van der Waals surface area contributed by atoms with Gasteiger partial charge in [0.2, 0.25) is 5.91 Å². The van der Waals surface area contributed by atoms with Crippen molar-refractivity contribution >= 4 is 15.7 Å². The maximum absolute atomic E-state index is 11.8. The van der Waals surface area contributed by atoms with Crippen LogP contribution in [-0.2, 0) is 14.6 Å². The third-order valence-corrected chi connectivity index (χ3v) is 4.63. The predicted molar refractivity (Wildman–Crippen MR) is 70.0 cm³/mol. The van der Waals surface area contributed by atoms with Crippen molar-refractivity contribution < 1.29 is 18.3 Å². The lowest BCUT2D eigenvalue weighted by Gasteiger charge is -2.31. The van der Waals surface area contributed by atoms with Crippen LogP contribution >= 0.6 is 0 Å². The van der Waals surface area contributed by atoms with Crippen LogP contribution in [0.25, 0.3) is 0 Å². The Hall–Kier alpha value is -0.620. The fourth-order valence-corrected chi connectivity index (χ4v) is 3.09. The van der Waals surface area contributed by atoms with Crippen LogP contribution in [-0.4, -0.2) is 56.5 Å². The Balaban J connectivity index is 2.49. The molecule has 1 N–H and O–H groups in total. The molecule has 0 bridgehead atoms. The first-order valence-electron chi connectivity index (χ1n) is 6.31. The van der Waals surface area contributed by atoms with E-state index in [0.29, 0.717) is 6.54 Å². The lowest BCUT2D eigenvalue weighted by molar-refractivity contribution is -0.131. The summed E-state index contributed by atoms with van der Waals surface area (Å²) in [6.07, 6.45) is 5.21. The average Bonchev–Trinajstić information content (AvgIpc) is 2.74. The molecule has 1 fully saturated rings. The molecule has 1 saturated carbocycles. The fourth-order valence-electron chi connectivity index (χ4n) is 2.55. The van der Waals surface area contributed by atoms with Gasteiger partial charge in [-0.3, -0.25) is 4.79 Å². The van der Waals surface area contributed by atoms with Gasteiger partial charge in [-0.2, -0.15) is 0 Å². The van der Waals surface area contributed by atoms with Crippen LogP contribution in [0.5, 0.6) is 0 Å². The molecule has 0 aromatic heterocycles. The van der Waals surface area contributed by atoms with Crippen molar-refractivity contribution in [3.8, 4) is 0 Å². The van der Waals surface area contributed by atoms with Crippen LogP contribution in [0.3, 0.4) is 0 Å². The topological polar surface area (TPSA) is 74.7 Å². The maximum Gasteiger partial charge on any atom is 0.223 e. The molecule has 1 aliphatic rings. The van der Waals surface area contributed by atoms with Crippen LogP contribution in [0, 0.1) is 5.41 Å². The second kappa shape index (κ2) is 6.02. The van der Waals surface area contributed by atoms with E-state index in [2.05, 4.69) is 0 Å². The summed E-state index contributed by atoms with van der Waals surface area (Å²) in [6, 6.07) is 0. The third-order valence-electron chi connectivity index (χ3n) is 3.68. The highest BCUT2D eigenvalue weighted by Gasteiger charge is 2.35. The molecule has 1 rings (SSSR count). The van der Waals surface area contributed by atoms with E-state index in [9.17, 15) is 18.3 Å². The Kier molecular flexibility index (Phi) is 5.16. The van der Waals surface area contributed by atoms with Gasteiger partial charge in [0.05, 0.1) is 12.4 Å². The first-order valence-corrected chi connectivity index (χ1v) is 8.37. The van der Waals surface area contributed by atoms with Crippen molar-refractivity contribution in [1.29, 1.82) is 0 Å². The number of rotatable bonds is 6. The molecule has 106 valence electrons. The van der Waals surface area contributed by atoms with E-state index in [1.807, 2.05) is 0 Å². The monoisotopic (exact) mass is 277 g/mol. The predicted octanol–water partition coefficient (Wildman–Crippen LogP) is 0.432. The highest BCUT2D eigenvalue weighted by Crippen LogP contribution is 2.38. The molecule has 0 aromatic rings. The van der Waals surface area contributed by atoms with Crippen LogP contribution in [0.15, 0.2) is 0 Å². The fraction of sp³-hybridized carbons (Fsp3) is 0.917. The SMILES string of the molecule is CN(CC1(CO)CCCC1)C(=O)CCS(C)(=O)=O. The number of hydrogen-bond donors (Lipinski definition) is 1. The normalized spacial score (nSPS) is 18.8. The molecule has 0 aromatic carbocycles.